The Morgan fingerprint density at radius 1 is 1.29 bits per heavy atom. The normalized spacial score (nSPS) is 30.5. The molecule has 1 rings (SSSR count). The largest absolute Gasteiger partial charge is 0.367 e. The summed E-state index contributed by atoms with van der Waals surface area (Å²) < 4.78 is 32.7. The molecule has 1 aliphatic rings. The molecule has 0 bridgehead atoms. The Morgan fingerprint density at radius 2 is 1.79 bits per heavy atom. The zero-order valence-corrected chi connectivity index (χ0v) is 10.1. The van der Waals surface area contributed by atoms with Gasteiger partial charge in [-0.3, -0.25) is 4.18 Å². The maximum absolute atomic E-state index is 11.0. The second-order valence-electron chi connectivity index (χ2n) is 4.96. The van der Waals surface area contributed by atoms with Crippen LogP contribution in [0.4, 0.5) is 0 Å². The van der Waals surface area contributed by atoms with Crippen molar-refractivity contribution in [3.05, 3.63) is 0 Å². The van der Waals surface area contributed by atoms with Gasteiger partial charge in [-0.2, -0.15) is 8.42 Å². The molecule has 0 unspecified atom stereocenters. The maximum Gasteiger partial charge on any atom is 0.264 e. The smallest absolute Gasteiger partial charge is 0.264 e. The van der Waals surface area contributed by atoms with Gasteiger partial charge in [0.1, 0.15) is 6.10 Å². The van der Waals surface area contributed by atoms with Crippen LogP contribution in [0.5, 0.6) is 0 Å². The Morgan fingerprint density at radius 3 is 2.07 bits per heavy atom. The van der Waals surface area contributed by atoms with Crippen molar-refractivity contribution in [2.24, 2.45) is 0 Å². The van der Waals surface area contributed by atoms with Crippen molar-refractivity contribution in [2.75, 3.05) is 6.26 Å². The van der Waals surface area contributed by atoms with Crippen LogP contribution in [0, 0.1) is 0 Å². The van der Waals surface area contributed by atoms with E-state index in [-0.39, 0.29) is 5.60 Å². The van der Waals surface area contributed by atoms with Gasteiger partial charge < -0.3 is 4.74 Å². The van der Waals surface area contributed by atoms with Gasteiger partial charge in [0.15, 0.2) is 0 Å². The van der Waals surface area contributed by atoms with Gasteiger partial charge in [-0.15, -0.1) is 0 Å². The number of rotatable bonds is 2. The third-order valence-corrected chi connectivity index (χ3v) is 2.86. The van der Waals surface area contributed by atoms with Crippen molar-refractivity contribution >= 4 is 10.1 Å². The van der Waals surface area contributed by atoms with E-state index < -0.39 is 21.8 Å². The fourth-order valence-electron chi connectivity index (χ4n) is 1.87. The van der Waals surface area contributed by atoms with Crippen LogP contribution in [-0.2, 0) is 19.0 Å². The second kappa shape index (κ2) is 3.18. The number of ether oxygens (including phenoxy) is 1. The van der Waals surface area contributed by atoms with Crippen LogP contribution in [-0.4, -0.2) is 32.0 Å². The lowest BCUT2D eigenvalue weighted by molar-refractivity contribution is -0.0838. The SMILES string of the molecule is CC1(C)C[C@H](OS(C)(=O)=O)C(C)(C)O1. The molecule has 1 fully saturated rings. The first-order chi connectivity index (χ1) is 6.02. The zero-order chi connectivity index (χ0) is 11.2. The molecule has 0 radical (unpaired) electrons. The molecule has 1 atom stereocenters. The van der Waals surface area contributed by atoms with Crippen LogP contribution >= 0.6 is 0 Å². The van der Waals surface area contributed by atoms with E-state index in [0.717, 1.165) is 6.26 Å². The molecule has 4 nitrogen and oxygen atoms in total. The maximum atomic E-state index is 11.0. The van der Waals surface area contributed by atoms with E-state index in [2.05, 4.69) is 0 Å². The van der Waals surface area contributed by atoms with Crippen LogP contribution in [0.25, 0.3) is 0 Å². The molecule has 14 heavy (non-hydrogen) atoms. The minimum atomic E-state index is -3.41. The van der Waals surface area contributed by atoms with E-state index in [0.29, 0.717) is 6.42 Å². The Kier molecular flexibility index (Phi) is 2.71. The van der Waals surface area contributed by atoms with Crippen molar-refractivity contribution < 1.29 is 17.3 Å². The predicted octanol–water partition coefficient (Wildman–Crippen LogP) is 1.31. The van der Waals surface area contributed by atoms with Gasteiger partial charge in [-0.25, -0.2) is 0 Å². The van der Waals surface area contributed by atoms with E-state index in [1.165, 1.54) is 0 Å². The molecule has 5 heteroatoms. The molecule has 0 saturated carbocycles. The topological polar surface area (TPSA) is 52.6 Å². The van der Waals surface area contributed by atoms with E-state index in [4.69, 9.17) is 8.92 Å². The summed E-state index contributed by atoms with van der Waals surface area (Å²) in [5.41, 5.74) is -0.870. The van der Waals surface area contributed by atoms with Crippen molar-refractivity contribution in [2.45, 2.75) is 51.4 Å². The average molecular weight is 222 g/mol. The van der Waals surface area contributed by atoms with Gasteiger partial charge in [-0.1, -0.05) is 0 Å². The molecule has 0 aromatic heterocycles. The van der Waals surface area contributed by atoms with E-state index in [1.807, 2.05) is 27.7 Å². The van der Waals surface area contributed by atoms with E-state index >= 15 is 0 Å². The van der Waals surface area contributed by atoms with Crippen LogP contribution in [0.1, 0.15) is 34.1 Å². The highest BCUT2D eigenvalue weighted by molar-refractivity contribution is 7.86. The summed E-state index contributed by atoms with van der Waals surface area (Å²) in [7, 11) is -3.41. The third-order valence-electron chi connectivity index (χ3n) is 2.28. The highest BCUT2D eigenvalue weighted by Gasteiger charge is 2.48. The molecule has 0 amide bonds. The summed E-state index contributed by atoms with van der Waals surface area (Å²) >= 11 is 0. The van der Waals surface area contributed by atoms with Crippen molar-refractivity contribution in [3.8, 4) is 0 Å². The summed E-state index contributed by atoms with van der Waals surface area (Å²) in [6.45, 7) is 7.55. The molecule has 1 heterocycles. The van der Waals surface area contributed by atoms with Gasteiger partial charge in [-0.05, 0) is 27.7 Å². The van der Waals surface area contributed by atoms with Crippen LogP contribution in [0.15, 0.2) is 0 Å². The van der Waals surface area contributed by atoms with E-state index in [1.54, 1.807) is 0 Å². The molecule has 0 spiro atoms. The van der Waals surface area contributed by atoms with E-state index in [9.17, 15) is 8.42 Å². The monoisotopic (exact) mass is 222 g/mol. The first-order valence-electron chi connectivity index (χ1n) is 4.60. The molecule has 84 valence electrons. The van der Waals surface area contributed by atoms with Gasteiger partial charge in [0.2, 0.25) is 0 Å². The minimum Gasteiger partial charge on any atom is -0.367 e. The van der Waals surface area contributed by atoms with Crippen molar-refractivity contribution in [1.82, 2.24) is 0 Å². The lowest BCUT2D eigenvalue weighted by atomic mass is 9.98. The zero-order valence-electron chi connectivity index (χ0n) is 9.33. The van der Waals surface area contributed by atoms with Gasteiger partial charge >= 0.3 is 0 Å². The first-order valence-corrected chi connectivity index (χ1v) is 6.42. The summed E-state index contributed by atoms with van der Waals surface area (Å²) in [5.74, 6) is 0. The van der Waals surface area contributed by atoms with Gasteiger partial charge in [0.05, 0.1) is 17.5 Å². The van der Waals surface area contributed by atoms with Crippen LogP contribution in [0.2, 0.25) is 0 Å². The third kappa shape index (κ3) is 2.93. The number of hydrogen-bond acceptors (Lipinski definition) is 4. The average Bonchev–Trinajstić information content (AvgIpc) is 1.94. The highest BCUT2D eigenvalue weighted by atomic mass is 32.2. The number of hydrogen-bond donors (Lipinski definition) is 0. The molecule has 0 N–H and O–H groups in total. The lowest BCUT2D eigenvalue weighted by Gasteiger charge is -2.26. The minimum absolute atomic E-state index is 0.321. The molecular formula is C9H18O4S. The fraction of sp³-hybridized carbons (Fsp3) is 1.00. The van der Waals surface area contributed by atoms with Gasteiger partial charge in [0.25, 0.3) is 10.1 Å². The Labute approximate surface area is 85.7 Å². The summed E-state index contributed by atoms with van der Waals surface area (Å²) in [5, 5.41) is 0. The first kappa shape index (κ1) is 11.9. The van der Waals surface area contributed by atoms with Crippen molar-refractivity contribution in [3.63, 3.8) is 0 Å². The molecule has 0 aliphatic carbocycles. The molecule has 0 aromatic rings. The molecule has 0 aromatic carbocycles. The molecular weight excluding hydrogens is 204 g/mol. The van der Waals surface area contributed by atoms with Crippen LogP contribution in [0.3, 0.4) is 0 Å². The molecule has 1 saturated heterocycles. The Hall–Kier alpha value is -0.130. The Bertz CT molecular complexity index is 316. The van der Waals surface area contributed by atoms with Gasteiger partial charge in [0, 0.05) is 6.42 Å². The van der Waals surface area contributed by atoms with Crippen molar-refractivity contribution in [1.29, 1.82) is 0 Å². The second-order valence-corrected chi connectivity index (χ2v) is 6.56. The summed E-state index contributed by atoms with van der Waals surface area (Å²) in [6.07, 6.45) is 1.26. The predicted molar refractivity (Wildman–Crippen MR) is 53.6 cm³/mol. The Balaban J connectivity index is 2.81. The highest BCUT2D eigenvalue weighted by Crippen LogP contribution is 2.39. The summed E-state index contributed by atoms with van der Waals surface area (Å²) in [6, 6.07) is 0. The molecule has 1 aliphatic heterocycles. The standard InChI is InChI=1S/C9H18O4S/c1-8(2)6-7(9(3,4)13-8)12-14(5,10)11/h7H,6H2,1-5H3/t7-/m0/s1. The lowest BCUT2D eigenvalue weighted by Crippen LogP contribution is -2.35. The summed E-state index contributed by atoms with van der Waals surface area (Å²) in [4.78, 5) is 0. The fourth-order valence-corrected chi connectivity index (χ4v) is 2.59. The quantitative estimate of drug-likeness (QED) is 0.661. The van der Waals surface area contributed by atoms with Crippen LogP contribution < -0.4 is 0 Å².